The molecule has 0 saturated carbocycles. The maximum absolute atomic E-state index is 5.43. The molecular weight excluding hydrogens is 222 g/mol. The summed E-state index contributed by atoms with van der Waals surface area (Å²) in [6, 6.07) is 0. The minimum atomic E-state index is 0.614. The van der Waals surface area contributed by atoms with E-state index in [1.807, 2.05) is 0 Å². The maximum Gasteiger partial charge on any atom is 0.0431 e. The Morgan fingerprint density at radius 2 is 2.29 bits per heavy atom. The van der Waals surface area contributed by atoms with Crippen LogP contribution in [0.3, 0.4) is 0 Å². The number of hydrogen-bond donors (Lipinski definition) is 0. The van der Waals surface area contributed by atoms with E-state index in [-0.39, 0.29) is 0 Å². The van der Waals surface area contributed by atoms with E-state index in [4.69, 9.17) is 11.6 Å². The van der Waals surface area contributed by atoms with Crippen LogP contribution >= 0.6 is 34.2 Å². The molecule has 0 nitrogen and oxygen atoms in total. The van der Waals surface area contributed by atoms with Crippen LogP contribution < -0.4 is 0 Å². The van der Waals surface area contributed by atoms with E-state index in [1.54, 1.807) is 0 Å². The smallest absolute Gasteiger partial charge is 0.0431 e. The lowest BCUT2D eigenvalue weighted by atomic mass is 10.3. The highest BCUT2D eigenvalue weighted by Gasteiger charge is 1.86. The predicted octanol–water partition coefficient (Wildman–Crippen LogP) is 2.61. The molecule has 0 aliphatic carbocycles. The number of alkyl halides is 2. The Morgan fingerprint density at radius 3 is 2.43 bits per heavy atom. The van der Waals surface area contributed by atoms with Gasteiger partial charge in [-0.25, -0.2) is 0 Å². The number of halogens is 2. The monoisotopic (exact) mass is 230 g/mol. The molecule has 7 heavy (non-hydrogen) atoms. The van der Waals surface area contributed by atoms with Crippen LogP contribution in [0.25, 0.3) is 0 Å². The fraction of sp³-hybridized carbons (Fsp3) is 0.600. The molecule has 0 heterocycles. The van der Waals surface area contributed by atoms with Gasteiger partial charge in [0.2, 0.25) is 0 Å². The molecule has 0 fully saturated rings. The van der Waals surface area contributed by atoms with Crippen LogP contribution in [0.2, 0.25) is 0 Å². The lowest BCUT2D eigenvalue weighted by molar-refractivity contribution is 1.15. The normalized spacial score (nSPS) is 8.86. The SMILES string of the molecule is C=C(CCl)CCI. The van der Waals surface area contributed by atoms with E-state index in [0.29, 0.717) is 5.88 Å². The Labute approximate surface area is 63.1 Å². The second kappa shape index (κ2) is 4.91. The van der Waals surface area contributed by atoms with Gasteiger partial charge in [0.25, 0.3) is 0 Å². The van der Waals surface area contributed by atoms with Crippen LogP contribution in [0.1, 0.15) is 6.42 Å². The van der Waals surface area contributed by atoms with Gasteiger partial charge in [0.15, 0.2) is 0 Å². The van der Waals surface area contributed by atoms with E-state index in [9.17, 15) is 0 Å². The standard InChI is InChI=1S/C5H8ClI/c1-5(4-6)2-3-7/h1-4H2. The predicted molar refractivity (Wildman–Crippen MR) is 43.4 cm³/mol. The van der Waals surface area contributed by atoms with Crippen LogP contribution in [0.4, 0.5) is 0 Å². The van der Waals surface area contributed by atoms with Crippen molar-refractivity contribution in [2.75, 3.05) is 10.3 Å². The van der Waals surface area contributed by atoms with Crippen molar-refractivity contribution in [2.24, 2.45) is 0 Å². The molecule has 0 unspecified atom stereocenters. The van der Waals surface area contributed by atoms with E-state index >= 15 is 0 Å². The van der Waals surface area contributed by atoms with E-state index in [2.05, 4.69) is 29.2 Å². The second-order valence-corrected chi connectivity index (χ2v) is 2.67. The average molecular weight is 230 g/mol. The molecule has 0 bridgehead atoms. The van der Waals surface area contributed by atoms with E-state index < -0.39 is 0 Å². The van der Waals surface area contributed by atoms with Crippen molar-refractivity contribution in [1.82, 2.24) is 0 Å². The van der Waals surface area contributed by atoms with Crippen molar-refractivity contribution >= 4 is 34.2 Å². The number of rotatable bonds is 3. The Bertz CT molecular complexity index is 61.1. The van der Waals surface area contributed by atoms with Gasteiger partial charge in [0.05, 0.1) is 0 Å². The minimum Gasteiger partial charge on any atom is -0.122 e. The van der Waals surface area contributed by atoms with Gasteiger partial charge < -0.3 is 0 Å². The Kier molecular flexibility index (Phi) is 5.44. The molecule has 0 N–H and O–H groups in total. The zero-order valence-corrected chi connectivity index (χ0v) is 7.00. The quantitative estimate of drug-likeness (QED) is 0.397. The van der Waals surface area contributed by atoms with Crippen LogP contribution in [0, 0.1) is 0 Å². The molecular formula is C5H8ClI. The van der Waals surface area contributed by atoms with Crippen molar-refractivity contribution < 1.29 is 0 Å². The summed E-state index contributed by atoms with van der Waals surface area (Å²) in [5, 5.41) is 0. The topological polar surface area (TPSA) is 0 Å². The molecule has 0 aromatic rings. The average Bonchev–Trinajstić information content (AvgIpc) is 1.68. The first-order chi connectivity index (χ1) is 3.31. The lowest BCUT2D eigenvalue weighted by Gasteiger charge is -1.91. The first-order valence-corrected chi connectivity index (χ1v) is 4.16. The van der Waals surface area contributed by atoms with Gasteiger partial charge in [-0.1, -0.05) is 34.7 Å². The molecule has 0 spiro atoms. The highest BCUT2D eigenvalue weighted by Crippen LogP contribution is 2.01. The summed E-state index contributed by atoms with van der Waals surface area (Å²) in [5.74, 6) is 0.614. The Balaban J connectivity index is 3.00. The van der Waals surface area contributed by atoms with Gasteiger partial charge in [0.1, 0.15) is 0 Å². The highest BCUT2D eigenvalue weighted by atomic mass is 127. The minimum absolute atomic E-state index is 0.614. The van der Waals surface area contributed by atoms with E-state index in [1.165, 1.54) is 0 Å². The van der Waals surface area contributed by atoms with Crippen LogP contribution in [-0.2, 0) is 0 Å². The lowest BCUT2D eigenvalue weighted by Crippen LogP contribution is -1.81. The number of allylic oxidation sites excluding steroid dienone is 1. The molecule has 0 amide bonds. The van der Waals surface area contributed by atoms with Crippen LogP contribution in [-0.4, -0.2) is 10.3 Å². The van der Waals surface area contributed by atoms with Crippen molar-refractivity contribution in [3.8, 4) is 0 Å². The molecule has 0 radical (unpaired) electrons. The van der Waals surface area contributed by atoms with Crippen LogP contribution in [0.5, 0.6) is 0 Å². The fourth-order valence-electron chi connectivity index (χ4n) is 0.200. The Morgan fingerprint density at radius 1 is 1.71 bits per heavy atom. The summed E-state index contributed by atoms with van der Waals surface area (Å²) in [6.45, 7) is 3.73. The highest BCUT2D eigenvalue weighted by molar-refractivity contribution is 14.1. The van der Waals surface area contributed by atoms with Gasteiger partial charge in [-0.05, 0) is 6.42 Å². The van der Waals surface area contributed by atoms with Gasteiger partial charge >= 0.3 is 0 Å². The van der Waals surface area contributed by atoms with Gasteiger partial charge in [0, 0.05) is 10.3 Å². The molecule has 0 saturated heterocycles. The third kappa shape index (κ3) is 4.62. The van der Waals surface area contributed by atoms with Gasteiger partial charge in [-0.3, -0.25) is 0 Å². The molecule has 0 rings (SSSR count). The molecule has 2 heteroatoms. The number of hydrogen-bond acceptors (Lipinski definition) is 0. The van der Waals surface area contributed by atoms with Crippen molar-refractivity contribution in [2.45, 2.75) is 6.42 Å². The van der Waals surface area contributed by atoms with Crippen molar-refractivity contribution in [3.63, 3.8) is 0 Å². The van der Waals surface area contributed by atoms with Crippen molar-refractivity contribution in [1.29, 1.82) is 0 Å². The largest absolute Gasteiger partial charge is 0.122 e. The van der Waals surface area contributed by atoms with Gasteiger partial charge in [-0.2, -0.15) is 0 Å². The maximum atomic E-state index is 5.43. The Hall–Kier alpha value is 0.760. The van der Waals surface area contributed by atoms with Crippen LogP contribution in [0.15, 0.2) is 12.2 Å². The second-order valence-electron chi connectivity index (χ2n) is 1.32. The first-order valence-electron chi connectivity index (χ1n) is 2.10. The van der Waals surface area contributed by atoms with Gasteiger partial charge in [-0.15, -0.1) is 11.6 Å². The summed E-state index contributed by atoms with van der Waals surface area (Å²) in [4.78, 5) is 0. The summed E-state index contributed by atoms with van der Waals surface area (Å²) in [5.41, 5.74) is 1.14. The third-order valence-corrected chi connectivity index (χ3v) is 1.55. The molecule has 0 aliphatic rings. The molecule has 0 aromatic heterocycles. The molecule has 0 atom stereocenters. The summed E-state index contributed by atoms with van der Waals surface area (Å²) in [6.07, 6.45) is 1.06. The third-order valence-electron chi connectivity index (χ3n) is 0.637. The zero-order valence-electron chi connectivity index (χ0n) is 4.08. The molecule has 42 valence electrons. The summed E-state index contributed by atoms with van der Waals surface area (Å²) in [7, 11) is 0. The van der Waals surface area contributed by atoms with Crippen molar-refractivity contribution in [3.05, 3.63) is 12.2 Å². The first kappa shape index (κ1) is 7.76. The fourth-order valence-corrected chi connectivity index (χ4v) is 1.10. The molecule has 0 aliphatic heterocycles. The molecule has 0 aromatic carbocycles. The zero-order chi connectivity index (χ0) is 5.70. The van der Waals surface area contributed by atoms with E-state index in [0.717, 1.165) is 16.4 Å². The summed E-state index contributed by atoms with van der Waals surface area (Å²) >= 11 is 7.73. The summed E-state index contributed by atoms with van der Waals surface area (Å²) < 4.78 is 1.13.